The number of carboxylic acids is 1. The zero-order valence-corrected chi connectivity index (χ0v) is 13.4. The smallest absolute Gasteiger partial charge is 0.318 e. The zero-order valence-electron chi connectivity index (χ0n) is 13.4. The van der Waals surface area contributed by atoms with Crippen molar-refractivity contribution >= 4 is 12.0 Å². The van der Waals surface area contributed by atoms with Crippen molar-refractivity contribution < 1.29 is 19.4 Å². The second kappa shape index (κ2) is 7.49. The molecule has 128 valence electrons. The summed E-state index contributed by atoms with van der Waals surface area (Å²) in [7, 11) is 0. The van der Waals surface area contributed by atoms with Gasteiger partial charge in [-0.25, -0.2) is 4.79 Å². The highest BCUT2D eigenvalue weighted by atomic mass is 16.5. The van der Waals surface area contributed by atoms with Crippen molar-refractivity contribution in [2.24, 2.45) is 5.92 Å². The number of urea groups is 1. The minimum atomic E-state index is -0.808. The number of carbonyl (C=O) groups excluding carboxylic acids is 1. The van der Waals surface area contributed by atoms with Crippen LogP contribution in [0.15, 0.2) is 42.5 Å². The minimum absolute atomic E-state index is 0.0598. The van der Waals surface area contributed by atoms with Crippen LogP contribution in [0, 0.1) is 5.92 Å². The Balaban J connectivity index is 1.38. The van der Waals surface area contributed by atoms with Crippen LogP contribution in [0.1, 0.15) is 18.4 Å². The standard InChI is InChI=1S/C18H22N2O4/c21-17(22)14-7-4-8-15(9-14)19-18(23)20-10-16(11-20)24-12-13-5-2-1-3-6-13/h1-6,8,14-16H,7,9-12H2,(H,19,23)(H,21,22)/t14-,15-/m1/s1. The van der Waals surface area contributed by atoms with Gasteiger partial charge in [0.05, 0.1) is 31.7 Å². The lowest BCUT2D eigenvalue weighted by molar-refractivity contribution is -0.142. The van der Waals surface area contributed by atoms with E-state index in [-0.39, 0.29) is 18.2 Å². The molecular weight excluding hydrogens is 308 g/mol. The van der Waals surface area contributed by atoms with Gasteiger partial charge in [0.15, 0.2) is 0 Å². The maximum absolute atomic E-state index is 12.2. The third-order valence-corrected chi connectivity index (χ3v) is 4.45. The predicted molar refractivity (Wildman–Crippen MR) is 88.4 cm³/mol. The number of hydrogen-bond acceptors (Lipinski definition) is 3. The van der Waals surface area contributed by atoms with Crippen LogP contribution >= 0.6 is 0 Å². The Bertz CT molecular complexity index is 611. The summed E-state index contributed by atoms with van der Waals surface area (Å²) in [6, 6.07) is 9.57. The van der Waals surface area contributed by atoms with Crippen molar-refractivity contribution in [2.75, 3.05) is 13.1 Å². The molecule has 1 aliphatic carbocycles. The van der Waals surface area contributed by atoms with Crippen molar-refractivity contribution in [1.82, 2.24) is 10.2 Å². The molecule has 0 saturated carbocycles. The first-order valence-electron chi connectivity index (χ1n) is 8.22. The summed E-state index contributed by atoms with van der Waals surface area (Å²) in [5.74, 6) is -1.23. The fraction of sp³-hybridized carbons (Fsp3) is 0.444. The first-order chi connectivity index (χ1) is 11.6. The molecule has 1 fully saturated rings. The van der Waals surface area contributed by atoms with Gasteiger partial charge in [-0.2, -0.15) is 0 Å². The first kappa shape index (κ1) is 16.5. The van der Waals surface area contributed by atoms with Gasteiger partial charge >= 0.3 is 12.0 Å². The molecule has 1 saturated heterocycles. The Morgan fingerprint density at radius 3 is 2.71 bits per heavy atom. The molecule has 0 unspecified atom stereocenters. The van der Waals surface area contributed by atoms with Gasteiger partial charge in [0, 0.05) is 6.04 Å². The molecule has 0 spiro atoms. The molecule has 6 heteroatoms. The van der Waals surface area contributed by atoms with Crippen LogP contribution in [0.3, 0.4) is 0 Å². The highest BCUT2D eigenvalue weighted by Crippen LogP contribution is 2.20. The number of carbonyl (C=O) groups is 2. The summed E-state index contributed by atoms with van der Waals surface area (Å²) >= 11 is 0. The number of nitrogens with zero attached hydrogens (tertiary/aromatic N) is 1. The lowest BCUT2D eigenvalue weighted by Crippen LogP contribution is -2.59. The van der Waals surface area contributed by atoms with E-state index in [4.69, 9.17) is 9.84 Å². The summed E-state index contributed by atoms with van der Waals surface area (Å²) in [6.07, 6.45) is 4.74. The fourth-order valence-corrected chi connectivity index (χ4v) is 2.94. The number of ether oxygens (including phenoxy) is 1. The summed E-state index contributed by atoms with van der Waals surface area (Å²) < 4.78 is 5.77. The second-order valence-corrected chi connectivity index (χ2v) is 6.31. The van der Waals surface area contributed by atoms with E-state index in [2.05, 4.69) is 5.32 Å². The van der Waals surface area contributed by atoms with Gasteiger partial charge in [0.25, 0.3) is 0 Å². The third kappa shape index (κ3) is 4.14. The van der Waals surface area contributed by atoms with Crippen molar-refractivity contribution in [1.29, 1.82) is 0 Å². The number of hydrogen-bond donors (Lipinski definition) is 2. The summed E-state index contributed by atoms with van der Waals surface area (Å²) in [4.78, 5) is 24.9. The van der Waals surface area contributed by atoms with Gasteiger partial charge in [-0.1, -0.05) is 42.5 Å². The molecule has 6 nitrogen and oxygen atoms in total. The minimum Gasteiger partial charge on any atom is -0.481 e. The Kier molecular flexibility index (Phi) is 5.15. The van der Waals surface area contributed by atoms with Crippen LogP contribution < -0.4 is 5.32 Å². The SMILES string of the molecule is O=C(O)[C@@H]1CC=C[C@@H](NC(=O)N2CC(OCc3ccccc3)C2)C1. The van der Waals surface area contributed by atoms with E-state index in [1.54, 1.807) is 4.90 Å². The molecule has 2 atom stereocenters. The van der Waals surface area contributed by atoms with Crippen LogP contribution in [0.4, 0.5) is 4.79 Å². The normalized spacial score (nSPS) is 23.6. The molecule has 0 radical (unpaired) electrons. The molecular formula is C18H22N2O4. The lowest BCUT2D eigenvalue weighted by atomic mass is 9.91. The number of amides is 2. The Labute approximate surface area is 141 Å². The van der Waals surface area contributed by atoms with Gasteiger partial charge in [0.2, 0.25) is 0 Å². The third-order valence-electron chi connectivity index (χ3n) is 4.45. The van der Waals surface area contributed by atoms with Crippen LogP contribution in [0.25, 0.3) is 0 Å². The maximum atomic E-state index is 12.2. The summed E-state index contributed by atoms with van der Waals surface area (Å²) in [5.41, 5.74) is 1.12. The largest absolute Gasteiger partial charge is 0.481 e. The van der Waals surface area contributed by atoms with Gasteiger partial charge < -0.3 is 20.1 Å². The van der Waals surface area contributed by atoms with E-state index >= 15 is 0 Å². The van der Waals surface area contributed by atoms with E-state index in [9.17, 15) is 9.59 Å². The Hall–Kier alpha value is -2.34. The van der Waals surface area contributed by atoms with Crippen molar-refractivity contribution in [3.63, 3.8) is 0 Å². The number of rotatable bonds is 5. The van der Waals surface area contributed by atoms with Crippen LogP contribution in [-0.2, 0) is 16.1 Å². The summed E-state index contributed by atoms with van der Waals surface area (Å²) in [6.45, 7) is 1.68. The topological polar surface area (TPSA) is 78.9 Å². The van der Waals surface area contributed by atoms with E-state index in [1.807, 2.05) is 42.5 Å². The molecule has 1 aromatic carbocycles. The molecule has 24 heavy (non-hydrogen) atoms. The number of likely N-dealkylation sites (tertiary alicyclic amines) is 1. The van der Waals surface area contributed by atoms with Crippen molar-refractivity contribution in [3.8, 4) is 0 Å². The molecule has 3 rings (SSSR count). The van der Waals surface area contributed by atoms with Gasteiger partial charge in [-0.3, -0.25) is 4.79 Å². The molecule has 2 amide bonds. The van der Waals surface area contributed by atoms with Gasteiger partial charge in [-0.15, -0.1) is 0 Å². The zero-order chi connectivity index (χ0) is 16.9. The van der Waals surface area contributed by atoms with Gasteiger partial charge in [0.1, 0.15) is 0 Å². The summed E-state index contributed by atoms with van der Waals surface area (Å²) in [5, 5.41) is 12.0. The van der Waals surface area contributed by atoms with Crippen LogP contribution in [0.5, 0.6) is 0 Å². The van der Waals surface area contributed by atoms with Crippen LogP contribution in [0.2, 0.25) is 0 Å². The van der Waals surface area contributed by atoms with Crippen molar-refractivity contribution in [3.05, 3.63) is 48.0 Å². The van der Waals surface area contributed by atoms with E-state index < -0.39 is 11.9 Å². The maximum Gasteiger partial charge on any atom is 0.318 e. The van der Waals surface area contributed by atoms with E-state index in [0.29, 0.717) is 32.5 Å². The molecule has 2 aliphatic rings. The number of allylic oxidation sites excluding steroid dienone is 1. The number of nitrogens with one attached hydrogen (secondary N) is 1. The van der Waals surface area contributed by atoms with Crippen molar-refractivity contribution in [2.45, 2.75) is 31.6 Å². The second-order valence-electron chi connectivity index (χ2n) is 6.31. The quantitative estimate of drug-likeness (QED) is 0.810. The first-order valence-corrected chi connectivity index (χ1v) is 8.22. The number of carboxylic acid groups (broad SMARTS) is 1. The monoisotopic (exact) mass is 330 g/mol. The fourth-order valence-electron chi connectivity index (χ4n) is 2.94. The number of benzene rings is 1. The highest BCUT2D eigenvalue weighted by molar-refractivity contribution is 5.76. The number of aliphatic carboxylic acids is 1. The molecule has 2 N–H and O–H groups in total. The average Bonchev–Trinajstić information content (AvgIpc) is 2.54. The predicted octanol–water partition coefficient (Wildman–Crippen LogP) is 2.02. The molecule has 1 aliphatic heterocycles. The Morgan fingerprint density at radius 1 is 1.25 bits per heavy atom. The molecule has 0 aromatic heterocycles. The van der Waals surface area contributed by atoms with Gasteiger partial charge in [-0.05, 0) is 18.4 Å². The molecule has 1 heterocycles. The van der Waals surface area contributed by atoms with E-state index in [0.717, 1.165) is 5.56 Å². The molecule has 1 aromatic rings. The molecule has 0 bridgehead atoms. The average molecular weight is 330 g/mol. The lowest BCUT2D eigenvalue weighted by Gasteiger charge is -2.39. The highest BCUT2D eigenvalue weighted by Gasteiger charge is 2.33. The Morgan fingerprint density at radius 2 is 2.00 bits per heavy atom. The van der Waals surface area contributed by atoms with E-state index in [1.165, 1.54) is 0 Å². The van der Waals surface area contributed by atoms with Crippen LogP contribution in [-0.4, -0.2) is 47.2 Å².